The highest BCUT2D eigenvalue weighted by molar-refractivity contribution is 7.15. The van der Waals surface area contributed by atoms with Gasteiger partial charge in [-0.1, -0.05) is 0 Å². The number of imidazole rings is 2. The molecule has 4 aromatic rings. The highest BCUT2D eigenvalue weighted by Crippen LogP contribution is 2.28. The highest BCUT2D eigenvalue weighted by atomic mass is 32.1. The molecule has 1 N–H and O–H groups in total. The van der Waals surface area contributed by atoms with Gasteiger partial charge < -0.3 is 9.47 Å². The molecule has 3 unspecified atom stereocenters. The molecule has 0 saturated carbocycles. The number of fused-ring (bicyclic) bond motifs is 3. The number of aromatic nitrogens is 5. The fraction of sp³-hybridized carbons (Fsp3) is 0.455. The number of hydrogen-bond donors (Lipinski definition) is 1. The Labute approximate surface area is 191 Å². The van der Waals surface area contributed by atoms with E-state index in [4.69, 9.17) is 0 Å². The summed E-state index contributed by atoms with van der Waals surface area (Å²) < 4.78 is 6.09. The molecule has 10 heteroatoms. The number of likely N-dealkylation sites (tertiary alicyclic amines) is 1. The van der Waals surface area contributed by atoms with Crippen molar-refractivity contribution >= 4 is 33.6 Å². The number of carbonyl (C=O) groups is 1. The number of aryl methyl sites for hydroxylation is 4. The molecule has 6 heterocycles. The number of amides is 1. The van der Waals surface area contributed by atoms with Crippen LogP contribution in [0.2, 0.25) is 0 Å². The predicted octanol–water partition coefficient (Wildman–Crippen LogP) is 2.80. The first-order valence-corrected chi connectivity index (χ1v) is 11.5. The van der Waals surface area contributed by atoms with Crippen LogP contribution in [0.3, 0.4) is 0 Å². The van der Waals surface area contributed by atoms with Gasteiger partial charge in [0, 0.05) is 72.7 Å². The molecular formula is C22H30N8OS. The van der Waals surface area contributed by atoms with Gasteiger partial charge in [0.25, 0.3) is 0 Å². The lowest BCUT2D eigenvalue weighted by Gasteiger charge is -2.18. The fourth-order valence-corrected chi connectivity index (χ4v) is 5.30. The van der Waals surface area contributed by atoms with Crippen LogP contribution in [-0.2, 0) is 11.8 Å². The van der Waals surface area contributed by atoms with E-state index in [-0.39, 0.29) is 23.9 Å². The molecule has 32 heavy (non-hydrogen) atoms. The summed E-state index contributed by atoms with van der Waals surface area (Å²) in [6.07, 6.45) is 7.71. The van der Waals surface area contributed by atoms with Crippen LogP contribution in [0.4, 0.5) is 0 Å². The lowest BCUT2D eigenvalue weighted by atomic mass is 9.94. The van der Waals surface area contributed by atoms with E-state index in [0.717, 1.165) is 10.7 Å². The van der Waals surface area contributed by atoms with Crippen molar-refractivity contribution in [2.24, 2.45) is 18.1 Å². The summed E-state index contributed by atoms with van der Waals surface area (Å²) in [6.45, 7) is 10.3. The molecule has 1 amide bonds. The maximum absolute atomic E-state index is 11.5. The minimum atomic E-state index is -0.0926. The number of nitrogens with one attached hydrogen (secondary N) is 1. The molecule has 2 aliphatic heterocycles. The number of nitrogens with zero attached hydrogens (tertiary/aromatic N) is 7. The summed E-state index contributed by atoms with van der Waals surface area (Å²) in [5.74, 6) is 0.440. The summed E-state index contributed by atoms with van der Waals surface area (Å²) in [5.41, 5.74) is 8.79. The molecular weight excluding hydrogens is 424 g/mol. The van der Waals surface area contributed by atoms with Crippen LogP contribution in [0.5, 0.6) is 0 Å². The zero-order chi connectivity index (χ0) is 23.2. The number of hydrazone groups is 1. The van der Waals surface area contributed by atoms with E-state index in [9.17, 15) is 4.79 Å². The van der Waals surface area contributed by atoms with Gasteiger partial charge in [0.05, 0.1) is 6.20 Å². The van der Waals surface area contributed by atoms with E-state index in [0.29, 0.717) is 0 Å². The summed E-state index contributed by atoms with van der Waals surface area (Å²) in [4.78, 5) is 18.6. The van der Waals surface area contributed by atoms with Gasteiger partial charge in [0.1, 0.15) is 11.7 Å². The van der Waals surface area contributed by atoms with Gasteiger partial charge in [0.15, 0.2) is 4.96 Å². The van der Waals surface area contributed by atoms with Crippen LogP contribution in [-0.4, -0.2) is 59.2 Å². The quantitative estimate of drug-likeness (QED) is 0.443. The van der Waals surface area contributed by atoms with Crippen LogP contribution in [0.25, 0.3) is 10.6 Å². The van der Waals surface area contributed by atoms with Gasteiger partial charge in [-0.15, -0.1) is 11.3 Å². The van der Waals surface area contributed by atoms with E-state index >= 15 is 0 Å². The highest BCUT2D eigenvalue weighted by Gasteiger charge is 2.48. The lowest BCUT2D eigenvalue weighted by molar-refractivity contribution is -0.129. The van der Waals surface area contributed by atoms with Crippen molar-refractivity contribution in [3.05, 3.63) is 47.1 Å². The SMILES string of the molecule is CC1=NNC2C(=O)N(C)C(C)C12.Cc1cnc2scc(C)n12.Cc1cnn2ccn(C)c12. The molecule has 170 valence electrons. The number of likely N-dealkylation sites (N-methyl/N-ethyl adjacent to an activating group) is 1. The van der Waals surface area contributed by atoms with Crippen molar-refractivity contribution in [3.8, 4) is 0 Å². The van der Waals surface area contributed by atoms with Crippen molar-refractivity contribution in [3.63, 3.8) is 0 Å². The average molecular weight is 455 g/mol. The van der Waals surface area contributed by atoms with Gasteiger partial charge in [0.2, 0.25) is 5.91 Å². The second kappa shape index (κ2) is 8.42. The van der Waals surface area contributed by atoms with Gasteiger partial charge in [-0.05, 0) is 34.6 Å². The second-order valence-corrected chi connectivity index (χ2v) is 9.31. The number of rotatable bonds is 0. The Bertz CT molecular complexity index is 1160. The molecule has 0 spiro atoms. The molecule has 0 aliphatic carbocycles. The fourth-order valence-electron chi connectivity index (χ4n) is 4.41. The minimum absolute atomic E-state index is 0.0926. The topological polar surface area (TPSA) is 84.2 Å². The van der Waals surface area contributed by atoms with Gasteiger partial charge in [-0.25, -0.2) is 9.50 Å². The maximum atomic E-state index is 11.5. The zero-order valence-corrected chi connectivity index (χ0v) is 20.4. The van der Waals surface area contributed by atoms with E-state index in [1.807, 2.05) is 50.3 Å². The number of carbonyl (C=O) groups excluding carboxylic acids is 1. The summed E-state index contributed by atoms with van der Waals surface area (Å²) in [6, 6.07) is 0.186. The van der Waals surface area contributed by atoms with Crippen molar-refractivity contribution in [2.75, 3.05) is 7.05 Å². The second-order valence-electron chi connectivity index (χ2n) is 8.47. The van der Waals surface area contributed by atoms with Crippen LogP contribution in [0, 0.1) is 26.7 Å². The lowest BCUT2D eigenvalue weighted by Crippen LogP contribution is -2.34. The summed E-state index contributed by atoms with van der Waals surface area (Å²) >= 11 is 1.69. The van der Waals surface area contributed by atoms with Crippen LogP contribution >= 0.6 is 11.3 Å². The van der Waals surface area contributed by atoms with Gasteiger partial charge in [-0.2, -0.15) is 10.2 Å². The third kappa shape index (κ3) is 3.68. The Morgan fingerprint density at radius 2 is 1.81 bits per heavy atom. The van der Waals surface area contributed by atoms with E-state index in [1.54, 1.807) is 16.2 Å². The van der Waals surface area contributed by atoms with E-state index in [2.05, 4.69) is 62.7 Å². The van der Waals surface area contributed by atoms with Crippen molar-refractivity contribution < 1.29 is 4.79 Å². The van der Waals surface area contributed by atoms with E-state index < -0.39 is 0 Å². The first-order chi connectivity index (χ1) is 15.2. The molecule has 0 radical (unpaired) electrons. The molecule has 9 nitrogen and oxygen atoms in total. The molecule has 0 bridgehead atoms. The van der Waals surface area contributed by atoms with E-state index in [1.165, 1.54) is 22.6 Å². The third-order valence-electron chi connectivity index (χ3n) is 6.27. The summed E-state index contributed by atoms with van der Waals surface area (Å²) in [7, 11) is 3.87. The Hall–Kier alpha value is -3.14. The molecule has 2 aliphatic rings. The van der Waals surface area contributed by atoms with Gasteiger partial charge in [-0.3, -0.25) is 14.6 Å². The van der Waals surface area contributed by atoms with Crippen LogP contribution in [0.1, 0.15) is 30.8 Å². The molecule has 1 fully saturated rings. The van der Waals surface area contributed by atoms with Crippen molar-refractivity contribution in [1.82, 2.24) is 33.9 Å². The van der Waals surface area contributed by atoms with Crippen LogP contribution in [0.15, 0.2) is 35.3 Å². The maximum Gasteiger partial charge on any atom is 0.247 e. The minimum Gasteiger partial charge on any atom is -0.340 e. The molecule has 3 atom stereocenters. The Morgan fingerprint density at radius 1 is 1.06 bits per heavy atom. The number of thiazole rings is 1. The van der Waals surface area contributed by atoms with Crippen molar-refractivity contribution in [2.45, 2.75) is 46.7 Å². The first kappa shape index (κ1) is 22.1. The van der Waals surface area contributed by atoms with Crippen molar-refractivity contribution in [1.29, 1.82) is 0 Å². The summed E-state index contributed by atoms with van der Waals surface area (Å²) in [5, 5.41) is 10.3. The smallest absolute Gasteiger partial charge is 0.247 e. The largest absolute Gasteiger partial charge is 0.340 e. The molecule has 4 aromatic heterocycles. The number of hydrogen-bond acceptors (Lipinski definition) is 6. The monoisotopic (exact) mass is 454 g/mol. The molecule has 0 aromatic carbocycles. The predicted molar refractivity (Wildman–Crippen MR) is 127 cm³/mol. The zero-order valence-electron chi connectivity index (χ0n) is 19.6. The standard InChI is InChI=1S/C8H13N3O.C7H9N3.C7H8N2S/c1-4-6-5(2)11(3)8(12)7(6)10-9-4;1-6-5-8-10-4-3-9(2)7(6)10;1-5-3-8-7-9(5)6(2)4-10-7/h5-7,10H,1-3H3;3-5H,1-2H3;3-4H,1-2H3. The van der Waals surface area contributed by atoms with Gasteiger partial charge >= 0.3 is 0 Å². The Morgan fingerprint density at radius 3 is 2.47 bits per heavy atom. The molecule has 6 rings (SSSR count). The first-order valence-electron chi connectivity index (χ1n) is 10.6. The third-order valence-corrected chi connectivity index (χ3v) is 7.23. The average Bonchev–Trinajstić information content (AvgIpc) is 3.58. The Kier molecular flexibility index (Phi) is 5.81. The van der Waals surface area contributed by atoms with Crippen LogP contribution < -0.4 is 5.43 Å². The molecule has 1 saturated heterocycles. The Balaban J connectivity index is 0.000000115. The normalized spacial score (nSPS) is 21.7.